The predicted molar refractivity (Wildman–Crippen MR) is 103 cm³/mol. The molecule has 2 aromatic carbocycles. The topological polar surface area (TPSA) is 59.9 Å². The molecule has 1 aliphatic heterocycles. The highest BCUT2D eigenvalue weighted by atomic mass is 35.5. The summed E-state index contributed by atoms with van der Waals surface area (Å²) in [6.45, 7) is 1.20. The molecular formula is C21H16ClN3O. The summed E-state index contributed by atoms with van der Waals surface area (Å²) in [5, 5.41) is 10.8. The molecule has 0 fully saturated rings. The highest BCUT2D eigenvalue weighted by Crippen LogP contribution is 2.31. The molecule has 2 heterocycles. The number of nitriles is 1. The molecule has 1 N–H and O–H groups in total. The Kier molecular flexibility index (Phi) is 4.24. The molecule has 0 bridgehead atoms. The monoisotopic (exact) mass is 361 g/mol. The standard InChI is InChI=1S/C21H16ClN3O/c22-17-4-5-20-18(11-17)19(13-24-20)15-6-8-25(9-7-15)21(26)16-3-1-2-14(10-16)12-23/h1-6,10-11,13,24H,7-9H2. The van der Waals surface area contributed by atoms with Crippen LogP contribution in [0.4, 0.5) is 0 Å². The number of aromatic amines is 1. The molecule has 128 valence electrons. The molecular weight excluding hydrogens is 346 g/mol. The third-order valence-corrected chi connectivity index (χ3v) is 4.96. The number of benzene rings is 2. The first kappa shape index (κ1) is 16.4. The third kappa shape index (κ3) is 2.98. The fraction of sp³-hybridized carbons (Fsp3) is 0.143. The number of carbonyl (C=O) groups excluding carboxylic acids is 1. The number of carbonyl (C=O) groups is 1. The van der Waals surface area contributed by atoms with Gasteiger partial charge in [0.05, 0.1) is 11.6 Å². The Morgan fingerprint density at radius 1 is 1.23 bits per heavy atom. The third-order valence-electron chi connectivity index (χ3n) is 4.72. The fourth-order valence-electron chi connectivity index (χ4n) is 3.36. The number of halogens is 1. The maximum Gasteiger partial charge on any atom is 0.254 e. The molecule has 0 saturated heterocycles. The van der Waals surface area contributed by atoms with Gasteiger partial charge in [0.15, 0.2) is 0 Å². The lowest BCUT2D eigenvalue weighted by molar-refractivity contribution is 0.0773. The normalized spacial score (nSPS) is 14.2. The first-order valence-corrected chi connectivity index (χ1v) is 8.79. The van der Waals surface area contributed by atoms with Gasteiger partial charge in [-0.2, -0.15) is 5.26 Å². The van der Waals surface area contributed by atoms with Crippen molar-refractivity contribution in [3.8, 4) is 6.07 Å². The van der Waals surface area contributed by atoms with Crippen LogP contribution in [0.25, 0.3) is 16.5 Å². The molecule has 0 atom stereocenters. The van der Waals surface area contributed by atoms with E-state index in [0.717, 1.165) is 22.9 Å². The molecule has 0 spiro atoms. The average Bonchev–Trinajstić information content (AvgIpc) is 3.10. The summed E-state index contributed by atoms with van der Waals surface area (Å²) in [5.41, 5.74) is 4.46. The number of nitrogens with one attached hydrogen (secondary N) is 1. The van der Waals surface area contributed by atoms with Gasteiger partial charge in [-0.3, -0.25) is 4.79 Å². The van der Waals surface area contributed by atoms with Crippen LogP contribution in [-0.4, -0.2) is 28.9 Å². The molecule has 5 heteroatoms. The van der Waals surface area contributed by atoms with Gasteiger partial charge in [-0.05, 0) is 48.4 Å². The number of H-pyrrole nitrogens is 1. The van der Waals surface area contributed by atoms with Gasteiger partial charge in [0.1, 0.15) is 0 Å². The van der Waals surface area contributed by atoms with Crippen LogP contribution in [0.1, 0.15) is 27.9 Å². The first-order chi connectivity index (χ1) is 12.7. The lowest BCUT2D eigenvalue weighted by atomic mass is 9.98. The average molecular weight is 362 g/mol. The van der Waals surface area contributed by atoms with Crippen molar-refractivity contribution >= 4 is 34.0 Å². The van der Waals surface area contributed by atoms with E-state index >= 15 is 0 Å². The van der Waals surface area contributed by atoms with E-state index in [4.69, 9.17) is 16.9 Å². The number of amides is 1. The van der Waals surface area contributed by atoms with Gasteiger partial charge >= 0.3 is 0 Å². The van der Waals surface area contributed by atoms with Gasteiger partial charge in [0.25, 0.3) is 5.91 Å². The maximum absolute atomic E-state index is 12.7. The number of rotatable bonds is 2. The molecule has 4 nitrogen and oxygen atoms in total. The minimum atomic E-state index is -0.0422. The second-order valence-corrected chi connectivity index (χ2v) is 6.75. The number of nitrogens with zero attached hydrogens (tertiary/aromatic N) is 2. The number of aromatic nitrogens is 1. The second-order valence-electron chi connectivity index (χ2n) is 6.32. The van der Waals surface area contributed by atoms with Crippen LogP contribution >= 0.6 is 11.6 Å². The smallest absolute Gasteiger partial charge is 0.254 e. The molecule has 1 aliphatic rings. The largest absolute Gasteiger partial charge is 0.361 e. The summed E-state index contributed by atoms with van der Waals surface area (Å²) in [6.07, 6.45) is 4.88. The van der Waals surface area contributed by atoms with Crippen molar-refractivity contribution in [3.05, 3.63) is 76.5 Å². The van der Waals surface area contributed by atoms with E-state index in [2.05, 4.69) is 17.1 Å². The number of hydrogen-bond donors (Lipinski definition) is 1. The first-order valence-electron chi connectivity index (χ1n) is 8.41. The minimum Gasteiger partial charge on any atom is -0.361 e. The highest BCUT2D eigenvalue weighted by Gasteiger charge is 2.20. The Hall–Kier alpha value is -3.03. The fourth-order valence-corrected chi connectivity index (χ4v) is 3.53. The van der Waals surface area contributed by atoms with Crippen LogP contribution < -0.4 is 0 Å². The van der Waals surface area contributed by atoms with Crippen LogP contribution in [0, 0.1) is 11.3 Å². The quantitative estimate of drug-likeness (QED) is 0.723. The van der Waals surface area contributed by atoms with Crippen molar-refractivity contribution in [1.82, 2.24) is 9.88 Å². The van der Waals surface area contributed by atoms with Gasteiger partial charge in [-0.1, -0.05) is 23.7 Å². The van der Waals surface area contributed by atoms with Crippen LogP contribution in [0.15, 0.2) is 54.7 Å². The van der Waals surface area contributed by atoms with Crippen LogP contribution in [0.3, 0.4) is 0 Å². The van der Waals surface area contributed by atoms with E-state index < -0.39 is 0 Å². The van der Waals surface area contributed by atoms with E-state index in [-0.39, 0.29) is 5.91 Å². The lowest BCUT2D eigenvalue weighted by Crippen LogP contribution is -2.34. The minimum absolute atomic E-state index is 0.0422. The van der Waals surface area contributed by atoms with Crippen molar-refractivity contribution in [2.45, 2.75) is 6.42 Å². The predicted octanol–water partition coefficient (Wildman–Crippen LogP) is 4.62. The zero-order valence-corrected chi connectivity index (χ0v) is 14.8. The van der Waals surface area contributed by atoms with Gasteiger partial charge in [-0.25, -0.2) is 0 Å². The van der Waals surface area contributed by atoms with Crippen LogP contribution in [0.5, 0.6) is 0 Å². The van der Waals surface area contributed by atoms with Gasteiger partial charge in [0, 0.05) is 46.3 Å². The SMILES string of the molecule is N#Cc1cccc(C(=O)N2CC=C(c3c[nH]c4ccc(Cl)cc34)CC2)c1. The summed E-state index contributed by atoms with van der Waals surface area (Å²) in [4.78, 5) is 17.8. The van der Waals surface area contributed by atoms with Gasteiger partial charge < -0.3 is 9.88 Å². The summed E-state index contributed by atoms with van der Waals surface area (Å²) >= 11 is 6.13. The molecule has 0 aliphatic carbocycles. The second kappa shape index (κ2) is 6.70. The molecule has 4 rings (SSSR count). The zero-order chi connectivity index (χ0) is 18.1. The Bertz CT molecular complexity index is 1070. The summed E-state index contributed by atoms with van der Waals surface area (Å²) < 4.78 is 0. The van der Waals surface area contributed by atoms with E-state index in [9.17, 15) is 4.79 Å². The Morgan fingerprint density at radius 3 is 2.88 bits per heavy atom. The van der Waals surface area contributed by atoms with Gasteiger partial charge in [0.2, 0.25) is 0 Å². The van der Waals surface area contributed by atoms with E-state index in [1.807, 2.05) is 29.3 Å². The molecule has 26 heavy (non-hydrogen) atoms. The van der Waals surface area contributed by atoms with Crippen molar-refractivity contribution < 1.29 is 4.79 Å². The van der Waals surface area contributed by atoms with Gasteiger partial charge in [-0.15, -0.1) is 0 Å². The van der Waals surface area contributed by atoms with Crippen molar-refractivity contribution in [2.24, 2.45) is 0 Å². The van der Waals surface area contributed by atoms with Crippen molar-refractivity contribution in [2.75, 3.05) is 13.1 Å². The number of fused-ring (bicyclic) bond motifs is 1. The Balaban J connectivity index is 1.57. The molecule has 1 aromatic heterocycles. The maximum atomic E-state index is 12.7. The Labute approximate surface area is 156 Å². The van der Waals surface area contributed by atoms with Crippen molar-refractivity contribution in [3.63, 3.8) is 0 Å². The zero-order valence-electron chi connectivity index (χ0n) is 14.0. The van der Waals surface area contributed by atoms with E-state index in [0.29, 0.717) is 29.2 Å². The van der Waals surface area contributed by atoms with Crippen molar-refractivity contribution in [1.29, 1.82) is 5.26 Å². The van der Waals surface area contributed by atoms with E-state index in [1.54, 1.807) is 24.3 Å². The molecule has 3 aromatic rings. The van der Waals surface area contributed by atoms with Crippen LogP contribution in [-0.2, 0) is 0 Å². The molecule has 0 unspecified atom stereocenters. The summed E-state index contributed by atoms with van der Waals surface area (Å²) in [7, 11) is 0. The molecule has 0 saturated carbocycles. The summed E-state index contributed by atoms with van der Waals surface area (Å²) in [6, 6.07) is 14.7. The van der Waals surface area contributed by atoms with Crippen LogP contribution in [0.2, 0.25) is 5.02 Å². The Morgan fingerprint density at radius 2 is 2.12 bits per heavy atom. The molecule has 0 radical (unpaired) electrons. The molecule has 1 amide bonds. The number of hydrogen-bond acceptors (Lipinski definition) is 2. The summed E-state index contributed by atoms with van der Waals surface area (Å²) in [5.74, 6) is -0.0422. The van der Waals surface area contributed by atoms with E-state index in [1.165, 1.54) is 5.57 Å². The lowest BCUT2D eigenvalue weighted by Gasteiger charge is -2.26. The highest BCUT2D eigenvalue weighted by molar-refractivity contribution is 6.31.